The maximum Gasteiger partial charge on any atom is 0.259 e. The number of ether oxygens (including phenoxy) is 4. The van der Waals surface area contributed by atoms with Gasteiger partial charge in [-0.3, -0.25) is 9.59 Å². The molecular weight excluding hydrogens is 904 g/mol. The number of hydrogen-bond donors (Lipinski definition) is 1. The van der Waals surface area contributed by atoms with E-state index in [1.54, 1.807) is 21.3 Å². The summed E-state index contributed by atoms with van der Waals surface area (Å²) in [6.07, 6.45) is 9.67. The van der Waals surface area contributed by atoms with Crippen molar-refractivity contribution in [3.8, 4) is 23.3 Å². The maximum atomic E-state index is 13.8. The normalized spacial score (nSPS) is 16.6. The van der Waals surface area contributed by atoms with Gasteiger partial charge < -0.3 is 38.2 Å². The van der Waals surface area contributed by atoms with Crippen LogP contribution in [-0.2, 0) is 29.0 Å². The van der Waals surface area contributed by atoms with Crippen LogP contribution in [0.4, 0.5) is 0 Å². The number of amides is 2. The van der Waals surface area contributed by atoms with Crippen LogP contribution in [0.25, 0.3) is 0 Å². The molecule has 2 fully saturated rings. The third-order valence-electron chi connectivity index (χ3n) is 12.7. The number of likely N-dealkylation sites (tertiary alicyclic amines) is 1. The molecular formula is C52H75N4O8PS2. The fourth-order valence-electron chi connectivity index (χ4n) is 8.83. The first kappa shape index (κ1) is 54.4. The van der Waals surface area contributed by atoms with E-state index in [9.17, 15) is 14.9 Å². The van der Waals surface area contributed by atoms with Crippen LogP contribution in [0, 0.1) is 16.7 Å². The van der Waals surface area contributed by atoms with Crippen LogP contribution in [0.3, 0.4) is 0 Å². The summed E-state index contributed by atoms with van der Waals surface area (Å²) in [5.41, 5.74) is 1.13. The molecule has 2 aliphatic rings. The molecule has 15 heteroatoms. The summed E-state index contributed by atoms with van der Waals surface area (Å²) in [5, 5.41) is 13.2. The van der Waals surface area contributed by atoms with Gasteiger partial charge in [0.05, 0.1) is 53.6 Å². The molecule has 2 atom stereocenters. The molecule has 5 rings (SSSR count). The number of piperidine rings is 1. The molecule has 12 nitrogen and oxygen atoms in total. The Bertz CT molecular complexity index is 1830. The summed E-state index contributed by atoms with van der Waals surface area (Å²) < 4.78 is 40.0. The van der Waals surface area contributed by atoms with Crippen LogP contribution in [0.5, 0.6) is 17.2 Å². The van der Waals surface area contributed by atoms with E-state index in [1.165, 1.54) is 18.6 Å². The van der Waals surface area contributed by atoms with Gasteiger partial charge in [-0.25, -0.2) is 4.67 Å². The van der Waals surface area contributed by atoms with Gasteiger partial charge in [-0.2, -0.15) is 5.26 Å². The first-order valence-electron chi connectivity index (χ1n) is 24.1. The number of methoxy groups -OCH3 is 3. The zero-order chi connectivity index (χ0) is 48.1. The van der Waals surface area contributed by atoms with E-state index in [2.05, 4.69) is 80.1 Å². The highest BCUT2D eigenvalue weighted by Gasteiger charge is 2.44. The van der Waals surface area contributed by atoms with E-state index in [1.807, 2.05) is 62.9 Å². The number of nitrogens with one attached hydrogen (secondary N) is 1. The number of benzene rings is 3. The predicted octanol–water partition coefficient (Wildman–Crippen LogP) is 11.3. The Kier molecular flexibility index (Phi) is 22.9. The minimum atomic E-state index is -1.53. The second kappa shape index (κ2) is 28.2. The van der Waals surface area contributed by atoms with E-state index >= 15 is 0 Å². The number of rotatable bonds is 29. The zero-order valence-electron chi connectivity index (χ0n) is 41.0. The van der Waals surface area contributed by atoms with Gasteiger partial charge in [0.2, 0.25) is 11.8 Å². The lowest BCUT2D eigenvalue weighted by Gasteiger charge is -2.46. The smallest absolute Gasteiger partial charge is 0.259 e. The summed E-state index contributed by atoms with van der Waals surface area (Å²) in [7, 11) is 7.41. The third kappa shape index (κ3) is 16.0. The van der Waals surface area contributed by atoms with Gasteiger partial charge in [0, 0.05) is 61.0 Å². The Morgan fingerprint density at radius 2 is 1.34 bits per heavy atom. The van der Waals surface area contributed by atoms with Crippen molar-refractivity contribution < 1.29 is 37.6 Å². The molecule has 0 saturated carbocycles. The van der Waals surface area contributed by atoms with Gasteiger partial charge in [0.15, 0.2) is 0 Å². The zero-order valence-corrected chi connectivity index (χ0v) is 43.5. The molecule has 2 heterocycles. The largest absolute Gasteiger partial charge is 0.497 e. The van der Waals surface area contributed by atoms with Crippen molar-refractivity contribution in [1.82, 2.24) is 14.9 Å². The Morgan fingerprint density at radius 3 is 1.84 bits per heavy atom. The van der Waals surface area contributed by atoms with E-state index in [0.29, 0.717) is 58.5 Å². The summed E-state index contributed by atoms with van der Waals surface area (Å²) in [6, 6.07) is 26.5. The fraction of sp³-hybridized carbons (Fsp3) is 0.596. The van der Waals surface area contributed by atoms with Crippen LogP contribution < -0.4 is 19.5 Å². The minimum Gasteiger partial charge on any atom is -0.497 e. The number of nitrogens with zero attached hydrogens (tertiary/aromatic N) is 3. The standard InChI is InChI=1S/C52H75N4O8PS2/c1-40(2)56(41(3)4)65(63-36-13-32-53)64-39-51(30-34-55(35-31-51)50(58)16-9-8-12-33-54-49(57)15-11-10-14-48-29-37-66-67-48)38-62-52(42-17-23-45(59-5)24-18-42,43-19-25-46(60-6)26-20-43)44-21-27-47(61-7)28-22-44/h17-28,40-41,48H,8-16,29-31,33-39H2,1-7H3,(H,54,57)/t48-,65?/m1/s1. The van der Waals surface area contributed by atoms with Gasteiger partial charge in [-0.15, -0.1) is 0 Å². The van der Waals surface area contributed by atoms with E-state index < -0.39 is 19.5 Å². The highest BCUT2D eigenvalue weighted by atomic mass is 33.1. The van der Waals surface area contributed by atoms with Crippen molar-refractivity contribution >= 4 is 41.9 Å². The van der Waals surface area contributed by atoms with Crippen molar-refractivity contribution in [2.24, 2.45) is 5.41 Å². The summed E-state index contributed by atoms with van der Waals surface area (Å²) in [4.78, 5) is 28.2. The number of hydrogen-bond acceptors (Lipinski definition) is 12. The lowest BCUT2D eigenvalue weighted by molar-refractivity contribution is -0.136. The second-order valence-corrected chi connectivity index (χ2v) is 22.3. The Hall–Kier alpha value is -3.54. The van der Waals surface area contributed by atoms with Crippen LogP contribution in [0.2, 0.25) is 0 Å². The Labute approximate surface area is 410 Å². The maximum absolute atomic E-state index is 13.8. The monoisotopic (exact) mass is 978 g/mol. The molecule has 2 saturated heterocycles. The van der Waals surface area contributed by atoms with Crippen molar-refractivity contribution in [1.29, 1.82) is 5.26 Å². The van der Waals surface area contributed by atoms with E-state index in [-0.39, 0.29) is 36.9 Å². The first-order valence-corrected chi connectivity index (χ1v) is 27.6. The molecule has 3 aromatic carbocycles. The molecule has 0 radical (unpaired) electrons. The minimum absolute atomic E-state index is 0.131. The summed E-state index contributed by atoms with van der Waals surface area (Å²) in [6.45, 7) is 11.2. The van der Waals surface area contributed by atoms with Crippen LogP contribution in [-0.4, -0.2) is 105 Å². The van der Waals surface area contributed by atoms with E-state index in [0.717, 1.165) is 71.3 Å². The van der Waals surface area contributed by atoms with Crippen LogP contribution in [0.1, 0.15) is 121 Å². The number of carbonyl (C=O) groups is 2. The van der Waals surface area contributed by atoms with Gasteiger partial charge in [-0.1, -0.05) is 70.8 Å². The molecule has 3 aromatic rings. The molecule has 2 aliphatic heterocycles. The predicted molar refractivity (Wildman–Crippen MR) is 273 cm³/mol. The molecule has 2 amide bonds. The van der Waals surface area contributed by atoms with Crippen molar-refractivity contribution in [2.45, 2.75) is 128 Å². The lowest BCUT2D eigenvalue weighted by atomic mass is 9.77. The van der Waals surface area contributed by atoms with Gasteiger partial charge in [-0.05, 0) is 126 Å². The SMILES string of the molecule is COc1ccc(C(OCC2(COP(OCCC#N)N(C(C)C)C(C)C)CCN(C(=O)CCCCCNC(=O)CCCC[C@@H]3CCSS3)CC2)(c2ccc(OC)cc2)c2ccc(OC)cc2)cc1. The second-order valence-electron chi connectivity index (χ2n) is 18.1. The van der Waals surface area contributed by atoms with Gasteiger partial charge >= 0.3 is 0 Å². The average molecular weight is 979 g/mol. The Balaban J connectivity index is 1.34. The molecule has 0 spiro atoms. The highest BCUT2D eigenvalue weighted by Crippen LogP contribution is 2.50. The topological polar surface area (TPSA) is 132 Å². The van der Waals surface area contributed by atoms with Crippen molar-refractivity contribution in [2.75, 3.05) is 66.5 Å². The number of carbonyl (C=O) groups excluding carboxylic acids is 2. The number of nitriles is 1. The molecule has 368 valence electrons. The van der Waals surface area contributed by atoms with Crippen LogP contribution >= 0.6 is 30.1 Å². The highest BCUT2D eigenvalue weighted by molar-refractivity contribution is 8.77. The molecule has 1 N–H and O–H groups in total. The summed E-state index contributed by atoms with van der Waals surface area (Å²) >= 11 is 0. The fourth-order valence-corrected chi connectivity index (χ4v) is 13.6. The molecule has 0 aromatic heterocycles. The Morgan fingerprint density at radius 1 is 0.791 bits per heavy atom. The molecule has 0 aliphatic carbocycles. The first-order chi connectivity index (χ1) is 32.5. The third-order valence-corrected chi connectivity index (χ3v) is 17.8. The lowest BCUT2D eigenvalue weighted by Crippen LogP contribution is -2.48. The van der Waals surface area contributed by atoms with Gasteiger partial charge in [0.1, 0.15) is 22.8 Å². The summed E-state index contributed by atoms with van der Waals surface area (Å²) in [5.74, 6) is 3.72. The van der Waals surface area contributed by atoms with Gasteiger partial charge in [0.25, 0.3) is 8.53 Å². The van der Waals surface area contributed by atoms with Crippen molar-refractivity contribution in [3.05, 3.63) is 89.5 Å². The molecule has 1 unspecified atom stereocenters. The van der Waals surface area contributed by atoms with Crippen LogP contribution in [0.15, 0.2) is 72.8 Å². The quantitative estimate of drug-likeness (QED) is 0.0307. The molecule has 67 heavy (non-hydrogen) atoms. The number of unbranched alkanes of at least 4 members (excludes halogenated alkanes) is 3. The average Bonchev–Trinajstić information content (AvgIpc) is 3.87. The van der Waals surface area contributed by atoms with E-state index in [4.69, 9.17) is 28.0 Å². The van der Waals surface area contributed by atoms with Crippen molar-refractivity contribution in [3.63, 3.8) is 0 Å². The molecule has 0 bridgehead atoms.